The smallest absolute Gasteiger partial charge is 0.0597 e. The topological polar surface area (TPSA) is 46.2 Å². The molecule has 0 rings (SSSR count). The van der Waals surface area contributed by atoms with Gasteiger partial charge in [-0.15, -0.1) is 0 Å². The molecule has 3 N–H and O–H groups in total. The van der Waals surface area contributed by atoms with Crippen molar-refractivity contribution in [1.29, 1.82) is 0 Å². The van der Waals surface area contributed by atoms with Crippen molar-refractivity contribution >= 4 is 0 Å². The molecule has 1 atom stereocenters. The Morgan fingerprint density at radius 1 is 1.56 bits per heavy atom. The highest BCUT2D eigenvalue weighted by Gasteiger charge is 2.07. The van der Waals surface area contributed by atoms with Gasteiger partial charge in [0.05, 0.1) is 6.10 Å². The molecular weight excluding hydrogens is 114 g/mol. The molecule has 0 bridgehead atoms. The maximum absolute atomic E-state index is 9.16. The molecule has 0 saturated carbocycles. The van der Waals surface area contributed by atoms with E-state index in [2.05, 4.69) is 0 Å². The maximum Gasteiger partial charge on any atom is 0.0597 e. The summed E-state index contributed by atoms with van der Waals surface area (Å²) in [5.74, 6) is 1.07. The van der Waals surface area contributed by atoms with Crippen molar-refractivity contribution in [3.8, 4) is 0 Å². The molecule has 0 fully saturated rings. The summed E-state index contributed by atoms with van der Waals surface area (Å²) in [6.45, 7) is 4.53. The molecular formula is C7H16NO. The molecule has 1 unspecified atom stereocenters. The van der Waals surface area contributed by atoms with Crippen molar-refractivity contribution < 1.29 is 5.11 Å². The Bertz CT molecular complexity index is 63.9. The lowest BCUT2D eigenvalue weighted by molar-refractivity contribution is 0.176. The van der Waals surface area contributed by atoms with Crippen LogP contribution in [-0.4, -0.2) is 17.8 Å². The molecule has 0 amide bonds. The highest BCUT2D eigenvalue weighted by Crippen LogP contribution is 2.08. The van der Waals surface area contributed by atoms with Crippen LogP contribution >= 0.6 is 0 Å². The van der Waals surface area contributed by atoms with Crippen molar-refractivity contribution in [3.63, 3.8) is 0 Å². The predicted octanol–water partition coefficient (Wildman–Crippen LogP) is 0.700. The molecule has 0 aliphatic rings. The summed E-state index contributed by atoms with van der Waals surface area (Å²) in [7, 11) is 0. The number of rotatable bonds is 4. The van der Waals surface area contributed by atoms with Crippen LogP contribution in [0.4, 0.5) is 0 Å². The van der Waals surface area contributed by atoms with Gasteiger partial charge in [-0.25, -0.2) is 0 Å². The van der Waals surface area contributed by atoms with Crippen molar-refractivity contribution in [2.75, 3.05) is 6.54 Å². The molecule has 0 saturated heterocycles. The van der Waals surface area contributed by atoms with Crippen LogP contribution in [0.25, 0.3) is 0 Å². The van der Waals surface area contributed by atoms with Gasteiger partial charge in [0.25, 0.3) is 0 Å². The van der Waals surface area contributed by atoms with Crippen molar-refractivity contribution in [3.05, 3.63) is 5.92 Å². The predicted molar refractivity (Wildman–Crippen MR) is 38.9 cm³/mol. The minimum absolute atomic E-state index is 0.242. The van der Waals surface area contributed by atoms with E-state index in [-0.39, 0.29) is 6.10 Å². The first-order valence-electron chi connectivity index (χ1n) is 3.36. The fraction of sp³-hybridized carbons (Fsp3) is 0.857. The van der Waals surface area contributed by atoms with Crippen LogP contribution in [0.3, 0.4) is 0 Å². The van der Waals surface area contributed by atoms with E-state index in [1.165, 1.54) is 0 Å². The number of aliphatic hydroxyl groups excluding tert-OH is 1. The number of aliphatic hydroxyl groups is 1. The molecule has 1 radical (unpaired) electrons. The Hall–Kier alpha value is -0.0800. The highest BCUT2D eigenvalue weighted by atomic mass is 16.3. The van der Waals surface area contributed by atoms with Crippen LogP contribution in [-0.2, 0) is 0 Å². The van der Waals surface area contributed by atoms with Crippen LogP contribution in [0.5, 0.6) is 0 Å². The third-order valence-electron chi connectivity index (χ3n) is 1.35. The van der Waals surface area contributed by atoms with Gasteiger partial charge in [-0.1, -0.05) is 13.8 Å². The lowest BCUT2D eigenvalue weighted by Gasteiger charge is -2.11. The fourth-order valence-corrected chi connectivity index (χ4v) is 0.600. The molecule has 0 spiro atoms. The lowest BCUT2D eigenvalue weighted by atomic mass is 10.0. The van der Waals surface area contributed by atoms with Crippen LogP contribution in [0.15, 0.2) is 0 Å². The van der Waals surface area contributed by atoms with E-state index in [0.29, 0.717) is 6.54 Å². The second-order valence-corrected chi connectivity index (χ2v) is 2.52. The van der Waals surface area contributed by atoms with E-state index in [4.69, 9.17) is 10.8 Å². The van der Waals surface area contributed by atoms with E-state index < -0.39 is 0 Å². The zero-order chi connectivity index (χ0) is 7.28. The van der Waals surface area contributed by atoms with E-state index in [1.807, 2.05) is 13.8 Å². The number of nitrogens with two attached hydrogens (primary N) is 1. The van der Waals surface area contributed by atoms with Gasteiger partial charge in [-0.2, -0.15) is 0 Å². The summed E-state index contributed by atoms with van der Waals surface area (Å²) in [5, 5.41) is 9.16. The molecule has 0 aromatic carbocycles. The van der Waals surface area contributed by atoms with Gasteiger partial charge in [0, 0.05) is 0 Å². The third-order valence-corrected chi connectivity index (χ3v) is 1.35. The summed E-state index contributed by atoms with van der Waals surface area (Å²) in [6, 6.07) is 0. The Balaban J connectivity index is 3.16. The zero-order valence-electron chi connectivity index (χ0n) is 6.22. The van der Waals surface area contributed by atoms with E-state index in [0.717, 1.165) is 18.8 Å². The summed E-state index contributed by atoms with van der Waals surface area (Å²) < 4.78 is 0. The third kappa shape index (κ3) is 4.43. The molecule has 55 valence electrons. The zero-order valence-corrected chi connectivity index (χ0v) is 6.22. The molecule has 9 heavy (non-hydrogen) atoms. The Labute approximate surface area is 57.1 Å². The largest absolute Gasteiger partial charge is 0.393 e. The minimum Gasteiger partial charge on any atom is -0.393 e. The molecule has 0 heterocycles. The SMILES string of the molecule is C[C](C)C(O)CCCN. The van der Waals surface area contributed by atoms with Crippen molar-refractivity contribution in [2.45, 2.75) is 32.8 Å². The van der Waals surface area contributed by atoms with E-state index in [1.54, 1.807) is 0 Å². The number of hydrogen-bond acceptors (Lipinski definition) is 2. The van der Waals surface area contributed by atoms with Crippen LogP contribution in [0.2, 0.25) is 0 Å². The first-order chi connectivity index (χ1) is 4.18. The van der Waals surface area contributed by atoms with Gasteiger partial charge in [-0.05, 0) is 25.3 Å². The minimum atomic E-state index is -0.242. The van der Waals surface area contributed by atoms with E-state index in [9.17, 15) is 0 Å². The Morgan fingerprint density at radius 2 is 2.11 bits per heavy atom. The van der Waals surface area contributed by atoms with Crippen molar-refractivity contribution in [2.24, 2.45) is 5.73 Å². The average molecular weight is 130 g/mol. The first kappa shape index (κ1) is 8.92. The Morgan fingerprint density at radius 3 is 2.44 bits per heavy atom. The summed E-state index contributed by atoms with van der Waals surface area (Å²) >= 11 is 0. The normalized spacial score (nSPS) is 14.3. The van der Waals surface area contributed by atoms with Crippen LogP contribution in [0, 0.1) is 5.92 Å². The lowest BCUT2D eigenvalue weighted by Crippen LogP contribution is -2.14. The monoisotopic (exact) mass is 130 g/mol. The highest BCUT2D eigenvalue weighted by molar-refractivity contribution is 4.86. The second kappa shape index (κ2) is 4.77. The maximum atomic E-state index is 9.16. The van der Waals surface area contributed by atoms with Gasteiger partial charge in [0.15, 0.2) is 0 Å². The molecule has 0 aromatic rings. The molecule has 0 aromatic heterocycles. The second-order valence-electron chi connectivity index (χ2n) is 2.52. The quantitative estimate of drug-likeness (QED) is 0.588. The molecule has 0 aliphatic heterocycles. The molecule has 2 nitrogen and oxygen atoms in total. The summed E-state index contributed by atoms with van der Waals surface area (Å²) in [5.41, 5.74) is 5.26. The van der Waals surface area contributed by atoms with E-state index >= 15 is 0 Å². The van der Waals surface area contributed by atoms with Gasteiger partial charge in [0.2, 0.25) is 0 Å². The van der Waals surface area contributed by atoms with Gasteiger partial charge in [-0.3, -0.25) is 0 Å². The van der Waals surface area contributed by atoms with Gasteiger partial charge >= 0.3 is 0 Å². The van der Waals surface area contributed by atoms with Gasteiger partial charge in [0.1, 0.15) is 0 Å². The van der Waals surface area contributed by atoms with Crippen LogP contribution in [0.1, 0.15) is 26.7 Å². The van der Waals surface area contributed by atoms with Crippen molar-refractivity contribution in [1.82, 2.24) is 0 Å². The number of hydrogen-bond donors (Lipinski definition) is 2. The van der Waals surface area contributed by atoms with Crippen LogP contribution < -0.4 is 5.73 Å². The Kier molecular flexibility index (Phi) is 4.72. The average Bonchev–Trinajstić information content (AvgIpc) is 1.82. The molecule has 2 heteroatoms. The fourth-order valence-electron chi connectivity index (χ4n) is 0.600. The standard InChI is InChI=1S/C7H16NO/c1-6(2)7(9)4-3-5-8/h7,9H,3-5,8H2,1-2H3. The summed E-state index contributed by atoms with van der Waals surface area (Å²) in [6.07, 6.45) is 1.47. The summed E-state index contributed by atoms with van der Waals surface area (Å²) in [4.78, 5) is 0. The first-order valence-corrected chi connectivity index (χ1v) is 3.36. The van der Waals surface area contributed by atoms with Gasteiger partial charge < -0.3 is 10.8 Å². The molecule has 0 aliphatic carbocycles.